The van der Waals surface area contributed by atoms with E-state index in [1.807, 2.05) is 6.92 Å². The van der Waals surface area contributed by atoms with Crippen molar-refractivity contribution in [3.8, 4) is 0 Å². The molecule has 3 aliphatic heterocycles. The predicted molar refractivity (Wildman–Crippen MR) is 116 cm³/mol. The molecule has 1 N–H and O–H groups in total. The fourth-order valence-electron chi connectivity index (χ4n) is 5.40. The lowest BCUT2D eigenvalue weighted by molar-refractivity contribution is -0.136. The second kappa shape index (κ2) is 9.75. The maximum atomic E-state index is 13.5. The first-order valence-electron chi connectivity index (χ1n) is 11.8. The molecule has 1 aromatic rings. The van der Waals surface area contributed by atoms with Crippen molar-refractivity contribution in [1.82, 2.24) is 15.1 Å². The van der Waals surface area contributed by atoms with Crippen LogP contribution in [0.15, 0.2) is 18.2 Å². The highest BCUT2D eigenvalue weighted by atomic mass is 19.2. The van der Waals surface area contributed by atoms with Crippen LogP contribution in [0.3, 0.4) is 0 Å². The van der Waals surface area contributed by atoms with Crippen molar-refractivity contribution in [2.45, 2.75) is 63.5 Å². The van der Waals surface area contributed by atoms with Gasteiger partial charge in [0.05, 0.1) is 19.1 Å². The van der Waals surface area contributed by atoms with Gasteiger partial charge < -0.3 is 15.0 Å². The zero-order valence-electron chi connectivity index (χ0n) is 18.9. The number of ether oxygens (including phenoxy) is 1. The Labute approximate surface area is 192 Å². The number of nitrogens with one attached hydrogen (secondary N) is 1. The normalized spacial score (nSPS) is 26.2. The first-order chi connectivity index (χ1) is 15.8. The smallest absolute Gasteiger partial charge is 0.325 e. The minimum absolute atomic E-state index is 0.00714. The molecule has 9 heteroatoms. The minimum Gasteiger partial charge on any atom is -0.376 e. The average molecular weight is 464 g/mol. The Hall–Kier alpha value is -2.55. The lowest BCUT2D eigenvalue weighted by Gasteiger charge is -2.41. The van der Waals surface area contributed by atoms with Crippen LogP contribution in [0, 0.1) is 17.6 Å². The molecule has 0 aromatic heterocycles. The van der Waals surface area contributed by atoms with Gasteiger partial charge in [-0.25, -0.2) is 13.6 Å². The maximum absolute atomic E-state index is 13.5. The molecule has 0 saturated carbocycles. The topological polar surface area (TPSA) is 79.0 Å². The van der Waals surface area contributed by atoms with E-state index in [-0.39, 0.29) is 42.8 Å². The third-order valence-electron chi connectivity index (χ3n) is 7.14. The van der Waals surface area contributed by atoms with Crippen molar-refractivity contribution in [3.63, 3.8) is 0 Å². The molecular formula is C24H31F2N3O4. The Kier molecular flexibility index (Phi) is 6.97. The van der Waals surface area contributed by atoms with E-state index in [1.165, 1.54) is 11.0 Å². The van der Waals surface area contributed by atoms with Gasteiger partial charge in [0.15, 0.2) is 11.6 Å². The van der Waals surface area contributed by atoms with E-state index in [2.05, 4.69) is 5.32 Å². The number of hydrogen-bond acceptors (Lipinski definition) is 4. The van der Waals surface area contributed by atoms with E-state index in [4.69, 9.17) is 4.74 Å². The molecule has 0 bridgehead atoms. The Morgan fingerprint density at radius 3 is 2.58 bits per heavy atom. The lowest BCUT2D eigenvalue weighted by Crippen LogP contribution is -2.56. The zero-order chi connectivity index (χ0) is 23.6. The van der Waals surface area contributed by atoms with E-state index in [1.54, 1.807) is 4.90 Å². The summed E-state index contributed by atoms with van der Waals surface area (Å²) in [4.78, 5) is 41.9. The molecule has 1 aromatic carbocycles. The number of imide groups is 1. The van der Waals surface area contributed by atoms with Crippen molar-refractivity contribution in [3.05, 3.63) is 35.4 Å². The molecule has 3 fully saturated rings. The van der Waals surface area contributed by atoms with Gasteiger partial charge in [0.25, 0.3) is 5.91 Å². The van der Waals surface area contributed by atoms with Crippen LogP contribution in [0.1, 0.15) is 51.0 Å². The van der Waals surface area contributed by atoms with Crippen molar-refractivity contribution in [2.75, 3.05) is 26.2 Å². The zero-order valence-corrected chi connectivity index (χ0v) is 18.9. The number of rotatable bonds is 7. The van der Waals surface area contributed by atoms with Gasteiger partial charge in [0.2, 0.25) is 5.91 Å². The molecule has 0 spiro atoms. The van der Waals surface area contributed by atoms with Crippen LogP contribution in [0.25, 0.3) is 0 Å². The standard InChI is InChI=1S/C24H31F2N3O4/c1-2-9-24(22(31)29(23(32)27-24)15-18-4-3-12-33-18)17-7-10-28(11-8-17)21(30)14-16-5-6-19(25)20(26)13-16/h5-6,13,17-18H,2-4,7-12,14-15H2,1H3,(H,27,32)/t18-,24+/m0/s1. The number of urea groups is 1. The van der Waals surface area contributed by atoms with Crippen molar-refractivity contribution >= 4 is 17.8 Å². The SMILES string of the molecule is CCC[C@]1(C2CCN(C(=O)Cc3ccc(F)c(F)c3)CC2)NC(=O)N(C[C@@H]2CCCO2)C1=O. The Balaban J connectivity index is 1.40. The van der Waals surface area contributed by atoms with Gasteiger partial charge in [-0.3, -0.25) is 14.5 Å². The quantitative estimate of drug-likeness (QED) is 0.631. The Bertz CT molecular complexity index is 913. The summed E-state index contributed by atoms with van der Waals surface area (Å²) < 4.78 is 32.2. The molecule has 0 aliphatic carbocycles. The molecule has 3 saturated heterocycles. The van der Waals surface area contributed by atoms with Crippen LogP contribution < -0.4 is 5.32 Å². The summed E-state index contributed by atoms with van der Waals surface area (Å²) in [6.07, 6.45) is 4.14. The number of likely N-dealkylation sites (tertiary alicyclic amines) is 1. The van der Waals surface area contributed by atoms with Crippen LogP contribution in [-0.2, 0) is 20.7 Å². The fourth-order valence-corrected chi connectivity index (χ4v) is 5.40. The average Bonchev–Trinajstić information content (AvgIpc) is 3.40. The molecule has 180 valence electrons. The second-order valence-electron chi connectivity index (χ2n) is 9.28. The number of piperidine rings is 1. The molecule has 0 unspecified atom stereocenters. The Morgan fingerprint density at radius 1 is 1.18 bits per heavy atom. The second-order valence-corrected chi connectivity index (χ2v) is 9.28. The highest BCUT2D eigenvalue weighted by Gasteiger charge is 2.55. The number of halogens is 2. The number of carbonyl (C=O) groups excluding carboxylic acids is 3. The molecule has 0 radical (unpaired) electrons. The molecule has 3 aliphatic rings. The molecular weight excluding hydrogens is 432 g/mol. The van der Waals surface area contributed by atoms with Gasteiger partial charge in [0.1, 0.15) is 5.54 Å². The van der Waals surface area contributed by atoms with Crippen LogP contribution in [-0.4, -0.2) is 65.5 Å². The van der Waals surface area contributed by atoms with Gasteiger partial charge in [-0.15, -0.1) is 0 Å². The van der Waals surface area contributed by atoms with Crippen LogP contribution in [0.5, 0.6) is 0 Å². The molecule has 7 nitrogen and oxygen atoms in total. The van der Waals surface area contributed by atoms with Crippen molar-refractivity contribution < 1.29 is 27.9 Å². The highest BCUT2D eigenvalue weighted by molar-refractivity contribution is 6.07. The Morgan fingerprint density at radius 2 is 1.94 bits per heavy atom. The maximum Gasteiger partial charge on any atom is 0.325 e. The van der Waals surface area contributed by atoms with Crippen LogP contribution in [0.4, 0.5) is 13.6 Å². The third kappa shape index (κ3) is 4.74. The van der Waals surface area contributed by atoms with Crippen molar-refractivity contribution in [1.29, 1.82) is 0 Å². The fraction of sp³-hybridized carbons (Fsp3) is 0.625. The highest BCUT2D eigenvalue weighted by Crippen LogP contribution is 2.37. The van der Waals surface area contributed by atoms with Crippen LogP contribution in [0.2, 0.25) is 0 Å². The number of nitrogens with zero attached hydrogens (tertiary/aromatic N) is 2. The summed E-state index contributed by atoms with van der Waals surface area (Å²) in [5, 5.41) is 3.01. The van der Waals surface area contributed by atoms with Gasteiger partial charge in [-0.05, 0) is 55.7 Å². The van der Waals surface area contributed by atoms with Crippen LogP contribution >= 0.6 is 0 Å². The van der Waals surface area contributed by atoms with Gasteiger partial charge >= 0.3 is 6.03 Å². The largest absolute Gasteiger partial charge is 0.376 e. The van der Waals surface area contributed by atoms with E-state index >= 15 is 0 Å². The molecule has 33 heavy (non-hydrogen) atoms. The van der Waals surface area contributed by atoms with Gasteiger partial charge in [0, 0.05) is 19.7 Å². The van der Waals surface area contributed by atoms with E-state index < -0.39 is 17.2 Å². The summed E-state index contributed by atoms with van der Waals surface area (Å²) in [6.45, 7) is 3.83. The minimum atomic E-state index is -0.969. The summed E-state index contributed by atoms with van der Waals surface area (Å²) in [5.41, 5.74) is -0.522. The number of carbonyl (C=O) groups is 3. The van der Waals surface area contributed by atoms with Crippen molar-refractivity contribution in [2.24, 2.45) is 5.92 Å². The third-order valence-corrected chi connectivity index (χ3v) is 7.14. The summed E-state index contributed by atoms with van der Waals surface area (Å²) in [5.74, 6) is -2.33. The first-order valence-corrected chi connectivity index (χ1v) is 11.8. The van der Waals surface area contributed by atoms with E-state index in [9.17, 15) is 23.2 Å². The monoisotopic (exact) mass is 463 g/mol. The summed E-state index contributed by atoms with van der Waals surface area (Å²) in [7, 11) is 0. The lowest BCUT2D eigenvalue weighted by atomic mass is 9.74. The molecule has 4 rings (SSSR count). The number of amides is 4. The van der Waals surface area contributed by atoms with Gasteiger partial charge in [-0.1, -0.05) is 19.4 Å². The van der Waals surface area contributed by atoms with E-state index in [0.717, 1.165) is 31.4 Å². The summed E-state index contributed by atoms with van der Waals surface area (Å²) in [6, 6.07) is 3.12. The number of benzene rings is 1. The first kappa shape index (κ1) is 23.6. The van der Waals surface area contributed by atoms with E-state index in [0.29, 0.717) is 44.5 Å². The van der Waals surface area contributed by atoms with Gasteiger partial charge in [-0.2, -0.15) is 0 Å². The number of hydrogen-bond donors (Lipinski definition) is 1. The predicted octanol–water partition coefficient (Wildman–Crippen LogP) is 3.02. The molecule has 2 atom stereocenters. The molecule has 4 amide bonds. The molecule has 3 heterocycles. The summed E-state index contributed by atoms with van der Waals surface area (Å²) >= 11 is 0.